The Kier molecular flexibility index (Phi) is 3.57. The van der Waals surface area contributed by atoms with E-state index in [0.717, 1.165) is 18.7 Å². The van der Waals surface area contributed by atoms with E-state index in [1.807, 2.05) is 6.92 Å². The Labute approximate surface area is 122 Å². The number of anilines is 1. The fourth-order valence-electron chi connectivity index (χ4n) is 2.21. The molecule has 104 valence electrons. The van der Waals surface area contributed by atoms with Crippen molar-refractivity contribution in [3.05, 3.63) is 52.7 Å². The van der Waals surface area contributed by atoms with E-state index in [-0.39, 0.29) is 11.9 Å². The second kappa shape index (κ2) is 5.37. The first-order valence-corrected chi connectivity index (χ1v) is 7.06. The SMILES string of the molecule is CC(Nc1ccnc(C2CC2)n1)c1c(F)cccc1Cl. The fraction of sp³-hybridized carbons (Fsp3) is 0.333. The zero-order valence-corrected chi connectivity index (χ0v) is 11.9. The van der Waals surface area contributed by atoms with Crippen LogP contribution in [0.2, 0.25) is 5.02 Å². The standard InChI is InChI=1S/C15H15ClFN3/c1-9(14-11(16)3-2-4-12(14)17)19-13-7-8-18-15(20-13)10-5-6-10/h2-4,7-10H,5-6H2,1H3,(H,18,19,20). The summed E-state index contributed by atoms with van der Waals surface area (Å²) in [5.41, 5.74) is 0.459. The molecule has 1 aromatic carbocycles. The van der Waals surface area contributed by atoms with Crippen LogP contribution < -0.4 is 5.32 Å². The first-order chi connectivity index (χ1) is 9.65. The Morgan fingerprint density at radius 2 is 2.15 bits per heavy atom. The number of aromatic nitrogens is 2. The predicted molar refractivity (Wildman–Crippen MR) is 77.5 cm³/mol. The summed E-state index contributed by atoms with van der Waals surface area (Å²) in [4.78, 5) is 8.74. The number of benzene rings is 1. The van der Waals surface area contributed by atoms with Crippen molar-refractivity contribution < 1.29 is 4.39 Å². The van der Waals surface area contributed by atoms with Crippen LogP contribution >= 0.6 is 11.6 Å². The zero-order chi connectivity index (χ0) is 14.1. The van der Waals surface area contributed by atoms with Gasteiger partial charge in [-0.15, -0.1) is 0 Å². The van der Waals surface area contributed by atoms with Gasteiger partial charge in [-0.3, -0.25) is 0 Å². The largest absolute Gasteiger partial charge is 0.363 e. The van der Waals surface area contributed by atoms with E-state index in [9.17, 15) is 4.39 Å². The van der Waals surface area contributed by atoms with Crippen molar-refractivity contribution in [3.8, 4) is 0 Å². The molecule has 0 aliphatic heterocycles. The number of nitrogens with one attached hydrogen (secondary N) is 1. The Balaban J connectivity index is 1.81. The summed E-state index contributed by atoms with van der Waals surface area (Å²) in [6, 6.07) is 6.23. The van der Waals surface area contributed by atoms with Gasteiger partial charge in [-0.25, -0.2) is 14.4 Å². The molecule has 2 aromatic rings. The van der Waals surface area contributed by atoms with E-state index in [1.54, 1.807) is 24.4 Å². The molecule has 0 saturated heterocycles. The van der Waals surface area contributed by atoms with Crippen LogP contribution in [0.3, 0.4) is 0 Å². The molecule has 0 spiro atoms. The van der Waals surface area contributed by atoms with Crippen molar-refractivity contribution in [3.63, 3.8) is 0 Å². The Hall–Kier alpha value is -1.68. The van der Waals surface area contributed by atoms with E-state index in [1.165, 1.54) is 6.07 Å². The van der Waals surface area contributed by atoms with Crippen LogP contribution in [-0.2, 0) is 0 Å². The van der Waals surface area contributed by atoms with Crippen LogP contribution in [0, 0.1) is 5.82 Å². The van der Waals surface area contributed by atoms with Crippen molar-refractivity contribution in [2.45, 2.75) is 31.7 Å². The molecule has 0 amide bonds. The first-order valence-electron chi connectivity index (χ1n) is 6.68. The van der Waals surface area contributed by atoms with Crippen LogP contribution in [0.4, 0.5) is 10.2 Å². The normalized spacial score (nSPS) is 15.9. The molecule has 3 rings (SSSR count). The summed E-state index contributed by atoms with van der Waals surface area (Å²) in [5, 5.41) is 3.61. The molecule has 1 aromatic heterocycles. The van der Waals surface area contributed by atoms with Crippen molar-refractivity contribution in [2.24, 2.45) is 0 Å². The molecule has 1 aliphatic carbocycles. The number of hydrogen-bond acceptors (Lipinski definition) is 3. The smallest absolute Gasteiger partial charge is 0.133 e. The highest BCUT2D eigenvalue weighted by Gasteiger charge is 2.26. The van der Waals surface area contributed by atoms with Crippen LogP contribution in [0.1, 0.15) is 43.1 Å². The third-order valence-corrected chi connectivity index (χ3v) is 3.74. The van der Waals surface area contributed by atoms with Gasteiger partial charge in [0.2, 0.25) is 0 Å². The lowest BCUT2D eigenvalue weighted by molar-refractivity contribution is 0.600. The topological polar surface area (TPSA) is 37.8 Å². The molecule has 3 nitrogen and oxygen atoms in total. The lowest BCUT2D eigenvalue weighted by Gasteiger charge is -2.17. The van der Waals surface area contributed by atoms with Gasteiger partial charge >= 0.3 is 0 Å². The van der Waals surface area contributed by atoms with Gasteiger partial charge in [0.1, 0.15) is 17.5 Å². The third kappa shape index (κ3) is 2.75. The Morgan fingerprint density at radius 1 is 1.35 bits per heavy atom. The fourth-order valence-corrected chi connectivity index (χ4v) is 2.54. The average Bonchev–Trinajstić information content (AvgIpc) is 3.23. The van der Waals surface area contributed by atoms with Crippen LogP contribution in [0.5, 0.6) is 0 Å². The summed E-state index contributed by atoms with van der Waals surface area (Å²) in [6.07, 6.45) is 4.04. The summed E-state index contributed by atoms with van der Waals surface area (Å²) >= 11 is 6.07. The lowest BCUT2D eigenvalue weighted by atomic mass is 10.1. The molecule has 1 fully saturated rings. The molecule has 1 aliphatic rings. The number of hydrogen-bond donors (Lipinski definition) is 1. The first kappa shape index (κ1) is 13.3. The molecule has 20 heavy (non-hydrogen) atoms. The predicted octanol–water partition coefficient (Wildman–Crippen LogP) is 4.32. The molecule has 0 radical (unpaired) electrons. The number of rotatable bonds is 4. The minimum atomic E-state index is -0.311. The van der Waals surface area contributed by atoms with E-state index in [0.29, 0.717) is 22.3 Å². The summed E-state index contributed by atoms with van der Waals surface area (Å²) in [7, 11) is 0. The second-order valence-corrected chi connectivity index (χ2v) is 5.48. The second-order valence-electron chi connectivity index (χ2n) is 5.08. The molecule has 0 bridgehead atoms. The summed E-state index contributed by atoms with van der Waals surface area (Å²) < 4.78 is 13.9. The molecular weight excluding hydrogens is 277 g/mol. The van der Waals surface area contributed by atoms with Crippen LogP contribution in [0.15, 0.2) is 30.5 Å². The highest BCUT2D eigenvalue weighted by atomic mass is 35.5. The maximum Gasteiger partial charge on any atom is 0.133 e. The lowest BCUT2D eigenvalue weighted by Crippen LogP contribution is -2.11. The van der Waals surface area contributed by atoms with Crippen LogP contribution in [-0.4, -0.2) is 9.97 Å². The molecule has 1 atom stereocenters. The maximum atomic E-state index is 13.9. The highest BCUT2D eigenvalue weighted by molar-refractivity contribution is 6.31. The van der Waals surface area contributed by atoms with Gasteiger partial charge in [-0.05, 0) is 38.0 Å². The van der Waals surface area contributed by atoms with E-state index >= 15 is 0 Å². The van der Waals surface area contributed by atoms with E-state index < -0.39 is 0 Å². The van der Waals surface area contributed by atoms with Gasteiger partial charge < -0.3 is 5.32 Å². The molecule has 5 heteroatoms. The summed E-state index contributed by atoms with van der Waals surface area (Å²) in [6.45, 7) is 1.86. The molecule has 1 unspecified atom stereocenters. The molecular formula is C15H15ClFN3. The van der Waals surface area contributed by atoms with Gasteiger partial charge in [-0.1, -0.05) is 17.7 Å². The Morgan fingerprint density at radius 3 is 2.85 bits per heavy atom. The van der Waals surface area contributed by atoms with Crippen LogP contribution in [0.25, 0.3) is 0 Å². The average molecular weight is 292 g/mol. The highest BCUT2D eigenvalue weighted by Crippen LogP contribution is 2.38. The van der Waals surface area contributed by atoms with Crippen molar-refractivity contribution in [2.75, 3.05) is 5.32 Å². The zero-order valence-electron chi connectivity index (χ0n) is 11.1. The van der Waals surface area contributed by atoms with Gasteiger partial charge in [0.25, 0.3) is 0 Å². The minimum Gasteiger partial charge on any atom is -0.363 e. The van der Waals surface area contributed by atoms with Gasteiger partial charge in [0.05, 0.1) is 6.04 Å². The molecule has 1 N–H and O–H groups in total. The monoisotopic (exact) mass is 291 g/mol. The Bertz CT molecular complexity index is 608. The minimum absolute atomic E-state index is 0.259. The maximum absolute atomic E-state index is 13.9. The number of nitrogens with zero attached hydrogens (tertiary/aromatic N) is 2. The number of halogens is 2. The van der Waals surface area contributed by atoms with Crippen molar-refractivity contribution in [1.82, 2.24) is 9.97 Å². The van der Waals surface area contributed by atoms with Gasteiger partial charge in [-0.2, -0.15) is 0 Å². The molecule has 1 heterocycles. The van der Waals surface area contributed by atoms with E-state index in [4.69, 9.17) is 11.6 Å². The summed E-state index contributed by atoms with van der Waals surface area (Å²) in [5.74, 6) is 1.74. The van der Waals surface area contributed by atoms with Gasteiger partial charge in [0, 0.05) is 22.7 Å². The molecule has 1 saturated carbocycles. The van der Waals surface area contributed by atoms with Crippen molar-refractivity contribution in [1.29, 1.82) is 0 Å². The third-order valence-electron chi connectivity index (χ3n) is 3.41. The van der Waals surface area contributed by atoms with E-state index in [2.05, 4.69) is 15.3 Å². The van der Waals surface area contributed by atoms with Gasteiger partial charge in [0.15, 0.2) is 0 Å². The quantitative estimate of drug-likeness (QED) is 0.911. The van der Waals surface area contributed by atoms with Crippen molar-refractivity contribution >= 4 is 17.4 Å².